The molecule has 0 amide bonds. The van der Waals surface area contributed by atoms with Crippen LogP contribution in [0.4, 0.5) is 0 Å². The summed E-state index contributed by atoms with van der Waals surface area (Å²) in [7, 11) is 0. The van der Waals surface area contributed by atoms with Gasteiger partial charge in [0.15, 0.2) is 0 Å². The molecule has 6 heteroatoms. The number of hydrogen-bond donors (Lipinski definition) is 1. The Morgan fingerprint density at radius 2 is 2.09 bits per heavy atom. The highest BCUT2D eigenvalue weighted by atomic mass is 35.5. The maximum atomic E-state index is 9.65. The Morgan fingerprint density at radius 3 is 2.36 bits per heavy atom. The first-order valence-electron chi connectivity index (χ1n) is 3.07. The molecule has 0 heterocycles. The fourth-order valence-electron chi connectivity index (χ4n) is 0.339. The molecule has 0 aromatic carbocycles. The predicted molar refractivity (Wildman–Crippen MR) is 43.0 cm³/mol. The molecule has 68 valence electrons. The van der Waals surface area contributed by atoms with Crippen LogP contribution < -0.4 is 5.73 Å². The summed E-state index contributed by atoms with van der Waals surface area (Å²) in [5.74, 6) is 0.208. The molecule has 5 nitrogen and oxygen atoms in total. The summed E-state index contributed by atoms with van der Waals surface area (Å²) in [6, 6.07) is -0.259. The van der Waals surface area contributed by atoms with Gasteiger partial charge in [-0.15, -0.1) is 22.5 Å². The molecule has 0 aromatic rings. The third-order valence-corrected chi connectivity index (χ3v) is 1.23. The monoisotopic (exact) mass is 184 g/mol. The molecule has 1 atom stereocenters. The van der Waals surface area contributed by atoms with Crippen LogP contribution in [-0.4, -0.2) is 17.7 Å². The quantitative estimate of drug-likeness (QED) is 0.513. The molecule has 0 saturated carbocycles. The third kappa shape index (κ3) is 7.35. The summed E-state index contributed by atoms with van der Waals surface area (Å²) in [5.41, 5.74) is 5.44. The van der Waals surface area contributed by atoms with Crippen molar-refractivity contribution in [1.29, 1.82) is 0 Å². The summed E-state index contributed by atoms with van der Waals surface area (Å²) in [6.45, 7) is 3.74. The minimum absolute atomic E-state index is 0. The van der Waals surface area contributed by atoms with Gasteiger partial charge in [-0.05, 0) is 5.92 Å². The highest BCUT2D eigenvalue weighted by molar-refractivity contribution is 5.85. The molecule has 2 N–H and O–H groups in total. The Bertz CT molecular complexity index is 120. The van der Waals surface area contributed by atoms with Crippen LogP contribution in [0, 0.1) is 16.0 Å². The molecule has 0 bridgehead atoms. The van der Waals surface area contributed by atoms with Crippen molar-refractivity contribution >= 4 is 12.4 Å². The van der Waals surface area contributed by atoms with E-state index >= 15 is 0 Å². The lowest BCUT2D eigenvalue weighted by atomic mass is 10.1. The maximum Gasteiger partial charge on any atom is 0.294 e. The van der Waals surface area contributed by atoms with Gasteiger partial charge in [-0.1, -0.05) is 13.8 Å². The van der Waals surface area contributed by atoms with E-state index in [1.54, 1.807) is 0 Å². The highest BCUT2D eigenvalue weighted by Crippen LogP contribution is 1.97. The average molecular weight is 185 g/mol. The first-order valence-corrected chi connectivity index (χ1v) is 3.07. The van der Waals surface area contributed by atoms with Gasteiger partial charge in [-0.3, -0.25) is 0 Å². The number of hydrogen-bond acceptors (Lipinski definition) is 4. The number of nitrogens with zero attached hydrogens (tertiary/aromatic N) is 1. The van der Waals surface area contributed by atoms with Crippen LogP contribution in [0.1, 0.15) is 13.8 Å². The summed E-state index contributed by atoms with van der Waals surface area (Å²) in [6.07, 6.45) is 0. The molecule has 0 aliphatic heterocycles. The van der Waals surface area contributed by atoms with Crippen molar-refractivity contribution in [2.45, 2.75) is 19.9 Å². The van der Waals surface area contributed by atoms with Gasteiger partial charge in [0.05, 0.1) is 0 Å². The van der Waals surface area contributed by atoms with Crippen molar-refractivity contribution in [3.05, 3.63) is 10.1 Å². The standard InChI is InChI=1S/C5H12N2O3.ClH/c1-4(2)5(6)3-10-7(8)9;/h4-5H,3,6H2,1-2H3;1H. The zero-order chi connectivity index (χ0) is 8.15. The van der Waals surface area contributed by atoms with Crippen LogP contribution in [0.3, 0.4) is 0 Å². The lowest BCUT2D eigenvalue weighted by Gasteiger charge is -2.12. The van der Waals surface area contributed by atoms with Crippen molar-refractivity contribution in [2.75, 3.05) is 6.61 Å². The summed E-state index contributed by atoms with van der Waals surface area (Å²) >= 11 is 0. The van der Waals surface area contributed by atoms with Crippen LogP contribution in [0.2, 0.25) is 0 Å². The second-order valence-electron chi connectivity index (χ2n) is 2.43. The minimum Gasteiger partial charge on any atom is -0.326 e. The SMILES string of the molecule is CC(C)C(N)CO[N+](=O)[O-].Cl. The minimum atomic E-state index is -0.831. The first-order chi connectivity index (χ1) is 4.54. The Kier molecular flexibility index (Phi) is 7.34. The van der Waals surface area contributed by atoms with Gasteiger partial charge in [-0.25, -0.2) is 0 Å². The maximum absolute atomic E-state index is 9.65. The van der Waals surface area contributed by atoms with Gasteiger partial charge in [0, 0.05) is 6.04 Å². The van der Waals surface area contributed by atoms with Gasteiger partial charge in [0.1, 0.15) is 6.61 Å². The molecule has 0 aliphatic rings. The molecule has 11 heavy (non-hydrogen) atoms. The zero-order valence-corrected chi connectivity index (χ0v) is 7.34. The Labute approximate surface area is 71.4 Å². The van der Waals surface area contributed by atoms with E-state index in [2.05, 4.69) is 4.84 Å². The molecular weight excluding hydrogens is 172 g/mol. The molecule has 0 fully saturated rings. The van der Waals surface area contributed by atoms with Crippen LogP contribution in [0.15, 0.2) is 0 Å². The summed E-state index contributed by atoms with van der Waals surface area (Å²) in [4.78, 5) is 13.7. The van der Waals surface area contributed by atoms with E-state index in [0.717, 1.165) is 0 Å². The Hall–Kier alpha value is -0.550. The molecule has 0 saturated heterocycles. The number of nitrogens with two attached hydrogens (primary N) is 1. The van der Waals surface area contributed by atoms with Gasteiger partial charge < -0.3 is 10.6 Å². The van der Waals surface area contributed by atoms with Crippen LogP contribution in [0.25, 0.3) is 0 Å². The lowest BCUT2D eigenvalue weighted by Crippen LogP contribution is -2.32. The second kappa shape index (κ2) is 6.18. The van der Waals surface area contributed by atoms with Crippen molar-refractivity contribution in [3.63, 3.8) is 0 Å². The molecule has 0 spiro atoms. The van der Waals surface area contributed by atoms with Gasteiger partial charge in [0.2, 0.25) is 0 Å². The lowest BCUT2D eigenvalue weighted by molar-refractivity contribution is -0.758. The van der Waals surface area contributed by atoms with Crippen molar-refractivity contribution < 1.29 is 9.92 Å². The van der Waals surface area contributed by atoms with Gasteiger partial charge in [0.25, 0.3) is 5.09 Å². The fourth-order valence-corrected chi connectivity index (χ4v) is 0.339. The predicted octanol–water partition coefficient (Wildman–Crippen LogP) is 0.600. The van der Waals surface area contributed by atoms with Crippen molar-refractivity contribution in [2.24, 2.45) is 11.7 Å². The number of halogens is 1. The second-order valence-corrected chi connectivity index (χ2v) is 2.43. The van der Waals surface area contributed by atoms with Gasteiger partial charge >= 0.3 is 0 Å². The van der Waals surface area contributed by atoms with E-state index in [4.69, 9.17) is 5.73 Å². The largest absolute Gasteiger partial charge is 0.326 e. The molecule has 0 rings (SSSR count). The van der Waals surface area contributed by atoms with Crippen LogP contribution >= 0.6 is 12.4 Å². The van der Waals surface area contributed by atoms with E-state index in [1.807, 2.05) is 13.8 Å². The molecule has 0 radical (unpaired) electrons. The van der Waals surface area contributed by atoms with Crippen molar-refractivity contribution in [1.82, 2.24) is 0 Å². The summed E-state index contributed by atoms with van der Waals surface area (Å²) < 4.78 is 0. The van der Waals surface area contributed by atoms with Crippen molar-refractivity contribution in [3.8, 4) is 0 Å². The molecule has 0 aromatic heterocycles. The van der Waals surface area contributed by atoms with E-state index in [9.17, 15) is 10.1 Å². The topological polar surface area (TPSA) is 78.4 Å². The Balaban J connectivity index is 0. The van der Waals surface area contributed by atoms with E-state index < -0.39 is 5.09 Å². The fraction of sp³-hybridized carbons (Fsp3) is 1.00. The zero-order valence-electron chi connectivity index (χ0n) is 6.52. The summed E-state index contributed by atoms with van der Waals surface area (Å²) in [5, 5.41) is 8.82. The van der Waals surface area contributed by atoms with E-state index in [1.165, 1.54) is 0 Å². The molecule has 1 unspecified atom stereocenters. The molecule has 0 aliphatic carbocycles. The van der Waals surface area contributed by atoms with Crippen LogP contribution in [0.5, 0.6) is 0 Å². The average Bonchev–Trinajstić information content (AvgIpc) is 1.82. The first kappa shape index (κ1) is 13.1. The third-order valence-electron chi connectivity index (χ3n) is 1.23. The normalized spacial score (nSPS) is 12.0. The number of rotatable bonds is 4. The smallest absolute Gasteiger partial charge is 0.294 e. The Morgan fingerprint density at radius 1 is 1.64 bits per heavy atom. The molecular formula is C5H13ClN2O3. The highest BCUT2D eigenvalue weighted by Gasteiger charge is 2.08. The van der Waals surface area contributed by atoms with E-state index in [-0.39, 0.29) is 31.0 Å². The van der Waals surface area contributed by atoms with E-state index in [0.29, 0.717) is 0 Å². The van der Waals surface area contributed by atoms with Gasteiger partial charge in [-0.2, -0.15) is 0 Å². The van der Waals surface area contributed by atoms with Crippen LogP contribution in [-0.2, 0) is 4.84 Å².